The Kier molecular flexibility index (Phi) is 2.49. The standard InChI is InChI=1S/C14H20N2/c1-16(9-12-5-3-2-4-6-12)13-7-14(8-13)10-15-11-14/h2-6,13,15H,7-11H2,1H3. The first-order valence-electron chi connectivity index (χ1n) is 6.22. The summed E-state index contributed by atoms with van der Waals surface area (Å²) in [4.78, 5) is 2.51. The third kappa shape index (κ3) is 1.76. The molecule has 3 rings (SSSR count). The molecule has 0 atom stereocenters. The van der Waals surface area contributed by atoms with Crippen molar-refractivity contribution in [1.29, 1.82) is 0 Å². The summed E-state index contributed by atoms with van der Waals surface area (Å²) in [6.07, 6.45) is 2.78. The van der Waals surface area contributed by atoms with Crippen LogP contribution in [0.15, 0.2) is 30.3 Å². The summed E-state index contributed by atoms with van der Waals surface area (Å²) in [6, 6.07) is 11.6. The molecule has 2 heteroatoms. The number of hydrogen-bond donors (Lipinski definition) is 1. The van der Waals surface area contributed by atoms with Crippen molar-refractivity contribution in [3.05, 3.63) is 35.9 Å². The lowest BCUT2D eigenvalue weighted by atomic mass is 9.61. The minimum Gasteiger partial charge on any atom is -0.316 e. The number of benzene rings is 1. The molecule has 0 unspecified atom stereocenters. The van der Waals surface area contributed by atoms with Gasteiger partial charge in [0.15, 0.2) is 0 Å². The van der Waals surface area contributed by atoms with Gasteiger partial charge >= 0.3 is 0 Å². The van der Waals surface area contributed by atoms with Crippen molar-refractivity contribution < 1.29 is 0 Å². The largest absolute Gasteiger partial charge is 0.316 e. The molecule has 1 saturated heterocycles. The van der Waals surface area contributed by atoms with Gasteiger partial charge in [0, 0.05) is 25.7 Å². The highest BCUT2D eigenvalue weighted by molar-refractivity contribution is 5.15. The molecule has 0 radical (unpaired) electrons. The van der Waals surface area contributed by atoms with Gasteiger partial charge in [0.1, 0.15) is 0 Å². The minimum absolute atomic E-state index is 0.690. The van der Waals surface area contributed by atoms with Gasteiger partial charge in [0.05, 0.1) is 0 Å². The molecule has 86 valence electrons. The van der Waals surface area contributed by atoms with Crippen LogP contribution < -0.4 is 5.32 Å². The maximum Gasteiger partial charge on any atom is 0.0233 e. The summed E-state index contributed by atoms with van der Waals surface area (Å²) >= 11 is 0. The molecule has 2 aliphatic rings. The summed E-state index contributed by atoms with van der Waals surface area (Å²) in [5, 5.41) is 3.39. The highest BCUT2D eigenvalue weighted by atomic mass is 15.2. The Balaban J connectivity index is 1.53. The molecule has 1 spiro atoms. The van der Waals surface area contributed by atoms with Gasteiger partial charge in [-0.2, -0.15) is 0 Å². The predicted molar refractivity (Wildman–Crippen MR) is 66.2 cm³/mol. The van der Waals surface area contributed by atoms with Gasteiger partial charge in [0.25, 0.3) is 0 Å². The van der Waals surface area contributed by atoms with E-state index in [1.807, 2.05) is 0 Å². The second-order valence-corrected chi connectivity index (χ2v) is 5.57. The Morgan fingerprint density at radius 1 is 1.25 bits per heavy atom. The zero-order valence-corrected chi connectivity index (χ0v) is 9.95. The molecule has 1 aromatic carbocycles. The fourth-order valence-corrected chi connectivity index (χ4v) is 3.02. The van der Waals surface area contributed by atoms with Crippen LogP contribution >= 0.6 is 0 Å². The number of hydrogen-bond acceptors (Lipinski definition) is 2. The van der Waals surface area contributed by atoms with Crippen LogP contribution in [-0.4, -0.2) is 31.1 Å². The van der Waals surface area contributed by atoms with E-state index in [9.17, 15) is 0 Å². The lowest BCUT2D eigenvalue weighted by Gasteiger charge is -2.56. The molecule has 1 aliphatic carbocycles. The summed E-state index contributed by atoms with van der Waals surface area (Å²) < 4.78 is 0. The second kappa shape index (κ2) is 3.86. The zero-order chi connectivity index (χ0) is 11.0. The molecule has 0 bridgehead atoms. The van der Waals surface area contributed by atoms with Gasteiger partial charge in [-0.05, 0) is 30.9 Å². The first-order valence-corrected chi connectivity index (χ1v) is 6.22. The summed E-state index contributed by atoms with van der Waals surface area (Å²) in [6.45, 7) is 3.60. The van der Waals surface area contributed by atoms with Crippen LogP contribution in [0.5, 0.6) is 0 Å². The van der Waals surface area contributed by atoms with E-state index in [0.29, 0.717) is 5.41 Å². The molecule has 16 heavy (non-hydrogen) atoms. The average molecular weight is 216 g/mol. The van der Waals surface area contributed by atoms with Gasteiger partial charge < -0.3 is 5.32 Å². The first-order chi connectivity index (χ1) is 7.77. The van der Waals surface area contributed by atoms with E-state index < -0.39 is 0 Å². The van der Waals surface area contributed by atoms with Crippen LogP contribution in [0.2, 0.25) is 0 Å². The van der Waals surface area contributed by atoms with Crippen LogP contribution in [0.1, 0.15) is 18.4 Å². The van der Waals surface area contributed by atoms with E-state index in [1.165, 1.54) is 31.5 Å². The van der Waals surface area contributed by atoms with Crippen LogP contribution in [0, 0.1) is 5.41 Å². The second-order valence-electron chi connectivity index (χ2n) is 5.57. The Morgan fingerprint density at radius 3 is 2.50 bits per heavy atom. The van der Waals surface area contributed by atoms with Gasteiger partial charge in [-0.3, -0.25) is 4.90 Å². The fourth-order valence-electron chi connectivity index (χ4n) is 3.02. The predicted octanol–water partition coefficient (Wildman–Crippen LogP) is 1.87. The molecule has 2 fully saturated rings. The monoisotopic (exact) mass is 216 g/mol. The van der Waals surface area contributed by atoms with Crippen LogP contribution in [-0.2, 0) is 6.54 Å². The van der Waals surface area contributed by atoms with Crippen molar-refractivity contribution in [2.24, 2.45) is 5.41 Å². The van der Waals surface area contributed by atoms with Gasteiger partial charge in [-0.1, -0.05) is 30.3 Å². The Morgan fingerprint density at radius 2 is 1.94 bits per heavy atom. The molecule has 1 saturated carbocycles. The lowest BCUT2D eigenvalue weighted by molar-refractivity contribution is -0.0291. The van der Waals surface area contributed by atoms with Crippen LogP contribution in [0.25, 0.3) is 0 Å². The van der Waals surface area contributed by atoms with Gasteiger partial charge in [-0.25, -0.2) is 0 Å². The normalized spacial score (nSPS) is 23.1. The van der Waals surface area contributed by atoms with E-state index in [0.717, 1.165) is 12.6 Å². The molecular weight excluding hydrogens is 196 g/mol. The van der Waals surface area contributed by atoms with E-state index in [-0.39, 0.29) is 0 Å². The maximum atomic E-state index is 3.39. The van der Waals surface area contributed by atoms with Crippen molar-refractivity contribution in [3.63, 3.8) is 0 Å². The van der Waals surface area contributed by atoms with Crippen molar-refractivity contribution in [3.8, 4) is 0 Å². The number of nitrogens with zero attached hydrogens (tertiary/aromatic N) is 1. The van der Waals surface area contributed by atoms with Gasteiger partial charge in [0.2, 0.25) is 0 Å². The molecule has 1 aliphatic heterocycles. The highest BCUT2D eigenvalue weighted by Crippen LogP contribution is 2.46. The number of nitrogens with one attached hydrogen (secondary N) is 1. The third-order valence-electron chi connectivity index (χ3n) is 4.24. The quantitative estimate of drug-likeness (QED) is 0.830. The molecule has 1 N–H and O–H groups in total. The van der Waals surface area contributed by atoms with E-state index in [2.05, 4.69) is 47.6 Å². The Labute approximate surface area is 97.6 Å². The molecule has 1 heterocycles. The van der Waals surface area contributed by atoms with E-state index >= 15 is 0 Å². The summed E-state index contributed by atoms with van der Waals surface area (Å²) in [5.41, 5.74) is 2.12. The van der Waals surface area contributed by atoms with Crippen molar-refractivity contribution in [1.82, 2.24) is 10.2 Å². The van der Waals surface area contributed by atoms with E-state index in [4.69, 9.17) is 0 Å². The number of rotatable bonds is 3. The Hall–Kier alpha value is -0.860. The molecule has 1 aromatic rings. The Bertz CT molecular complexity index is 348. The van der Waals surface area contributed by atoms with Crippen LogP contribution in [0.4, 0.5) is 0 Å². The molecule has 2 nitrogen and oxygen atoms in total. The third-order valence-corrected chi connectivity index (χ3v) is 4.24. The van der Waals surface area contributed by atoms with Crippen LogP contribution in [0.3, 0.4) is 0 Å². The zero-order valence-electron chi connectivity index (χ0n) is 9.95. The minimum atomic E-state index is 0.690. The van der Waals surface area contributed by atoms with E-state index in [1.54, 1.807) is 0 Å². The average Bonchev–Trinajstić information content (AvgIpc) is 2.14. The SMILES string of the molecule is CN(Cc1ccccc1)C1CC2(CNC2)C1. The summed E-state index contributed by atoms with van der Waals surface area (Å²) in [5.74, 6) is 0. The summed E-state index contributed by atoms with van der Waals surface area (Å²) in [7, 11) is 2.26. The first kappa shape index (κ1) is 10.3. The lowest BCUT2D eigenvalue weighted by Crippen LogP contribution is -2.64. The van der Waals surface area contributed by atoms with Crippen molar-refractivity contribution >= 4 is 0 Å². The van der Waals surface area contributed by atoms with Crippen molar-refractivity contribution in [2.45, 2.75) is 25.4 Å². The smallest absolute Gasteiger partial charge is 0.0233 e. The topological polar surface area (TPSA) is 15.3 Å². The molecule has 0 aromatic heterocycles. The molecular formula is C14H20N2. The molecule has 0 amide bonds. The van der Waals surface area contributed by atoms with Crippen molar-refractivity contribution in [2.75, 3.05) is 20.1 Å². The fraction of sp³-hybridized carbons (Fsp3) is 0.571. The van der Waals surface area contributed by atoms with Gasteiger partial charge in [-0.15, -0.1) is 0 Å². The maximum absolute atomic E-state index is 3.39. The highest BCUT2D eigenvalue weighted by Gasteiger charge is 2.49.